The number of hydrogen-bond acceptors (Lipinski definition) is 3. The molecule has 0 aromatic heterocycles. The van der Waals surface area contributed by atoms with E-state index in [0.717, 1.165) is 0 Å². The minimum atomic E-state index is -1.18. The molecule has 0 aliphatic rings. The van der Waals surface area contributed by atoms with Crippen molar-refractivity contribution in [3.8, 4) is 0 Å². The molecule has 0 saturated heterocycles. The van der Waals surface area contributed by atoms with Crippen LogP contribution in [0, 0.1) is 0 Å². The van der Waals surface area contributed by atoms with Crippen molar-refractivity contribution < 1.29 is 10.2 Å². The molecule has 7 heavy (non-hydrogen) atoms. The lowest BCUT2D eigenvalue weighted by Crippen LogP contribution is -2.07. The van der Waals surface area contributed by atoms with E-state index >= 15 is 0 Å². The van der Waals surface area contributed by atoms with E-state index in [1.807, 2.05) is 0 Å². The average molecular weight is 105 g/mol. The zero-order valence-electron chi connectivity index (χ0n) is 4.17. The molecule has 0 spiro atoms. The molecule has 0 bridgehead atoms. The molecule has 0 aromatic carbocycles. The maximum atomic E-state index is 8.18. The minimum Gasteiger partial charge on any atom is -0.368 e. The van der Waals surface area contributed by atoms with E-state index in [-0.39, 0.29) is 0 Å². The third-order valence-corrected chi connectivity index (χ3v) is 0.666. The maximum Gasteiger partial charge on any atom is 0.151 e. The van der Waals surface area contributed by atoms with Crippen LogP contribution in [0.25, 0.3) is 0 Å². The summed E-state index contributed by atoms with van der Waals surface area (Å²) < 4.78 is 0. The molecular formula is C4H11NO2. The Bertz CT molecular complexity index is 38.7. The van der Waals surface area contributed by atoms with Crippen LogP contribution in [0.3, 0.4) is 0 Å². The topological polar surface area (TPSA) is 66.5 Å². The Morgan fingerprint density at radius 1 is 1.43 bits per heavy atom. The van der Waals surface area contributed by atoms with Gasteiger partial charge in [0.05, 0.1) is 0 Å². The van der Waals surface area contributed by atoms with Crippen molar-refractivity contribution >= 4 is 0 Å². The number of aliphatic hydroxyl groups excluding tert-OH is 1. The summed E-state index contributed by atoms with van der Waals surface area (Å²) >= 11 is 0. The quantitative estimate of drug-likeness (QED) is 0.405. The number of hydrogen-bond donors (Lipinski definition) is 3. The molecule has 0 aromatic rings. The highest BCUT2D eigenvalue weighted by Gasteiger charge is 1.92. The van der Waals surface area contributed by atoms with E-state index in [9.17, 15) is 0 Å². The highest BCUT2D eigenvalue weighted by atomic mass is 16.5. The van der Waals surface area contributed by atoms with Crippen LogP contribution in [0.4, 0.5) is 0 Å². The Hall–Kier alpha value is -0.120. The van der Waals surface area contributed by atoms with Crippen LogP contribution >= 0.6 is 0 Å². The zero-order valence-corrected chi connectivity index (χ0v) is 4.17. The molecule has 0 amide bonds. The van der Waals surface area contributed by atoms with E-state index < -0.39 is 6.29 Å². The molecule has 0 atom stereocenters. The summed E-state index contributed by atoms with van der Waals surface area (Å²) in [6.45, 7) is 0.525. The van der Waals surface area contributed by atoms with Crippen molar-refractivity contribution in [2.45, 2.75) is 19.1 Å². The monoisotopic (exact) mass is 105 g/mol. The molecule has 44 valence electrons. The first kappa shape index (κ1) is 6.88. The first-order valence-electron chi connectivity index (χ1n) is 2.33. The Labute approximate surface area is 42.8 Å². The standard InChI is InChI=1S/C4H11NO2/c5-3-1-2-4(6)7/h4,6-7H,1-3,5H2. The second-order valence-electron chi connectivity index (χ2n) is 1.41. The van der Waals surface area contributed by atoms with Crippen LogP contribution in [-0.4, -0.2) is 23.0 Å². The van der Waals surface area contributed by atoms with Gasteiger partial charge in [-0.05, 0) is 19.4 Å². The fourth-order valence-electron chi connectivity index (χ4n) is 0.300. The number of aliphatic hydroxyl groups is 2. The van der Waals surface area contributed by atoms with E-state index in [1.54, 1.807) is 0 Å². The van der Waals surface area contributed by atoms with Gasteiger partial charge in [0, 0.05) is 0 Å². The third-order valence-electron chi connectivity index (χ3n) is 0.666. The van der Waals surface area contributed by atoms with Gasteiger partial charge in [-0.2, -0.15) is 0 Å². The number of rotatable bonds is 3. The summed E-state index contributed by atoms with van der Waals surface area (Å²) in [6.07, 6.45) is -0.114. The molecule has 0 aliphatic carbocycles. The normalized spacial score (nSPS) is 10.3. The van der Waals surface area contributed by atoms with E-state index in [1.165, 1.54) is 0 Å². The maximum absolute atomic E-state index is 8.18. The van der Waals surface area contributed by atoms with Crippen molar-refractivity contribution in [3.63, 3.8) is 0 Å². The molecule has 3 nitrogen and oxygen atoms in total. The predicted octanol–water partition coefficient (Wildman–Crippen LogP) is -0.964. The summed E-state index contributed by atoms with van der Waals surface area (Å²) in [4.78, 5) is 0. The lowest BCUT2D eigenvalue weighted by Gasteiger charge is -1.97. The van der Waals surface area contributed by atoms with Crippen LogP contribution in [0.1, 0.15) is 12.8 Å². The van der Waals surface area contributed by atoms with Gasteiger partial charge in [-0.3, -0.25) is 0 Å². The Morgan fingerprint density at radius 2 is 2.00 bits per heavy atom. The first-order chi connectivity index (χ1) is 3.27. The van der Waals surface area contributed by atoms with Crippen molar-refractivity contribution in [2.75, 3.05) is 6.54 Å². The largest absolute Gasteiger partial charge is 0.368 e. The van der Waals surface area contributed by atoms with Crippen LogP contribution in [0.15, 0.2) is 0 Å². The molecule has 0 rings (SSSR count). The Kier molecular flexibility index (Phi) is 3.98. The molecule has 0 unspecified atom stereocenters. The summed E-state index contributed by atoms with van der Waals surface area (Å²) in [5.41, 5.74) is 5.05. The fraction of sp³-hybridized carbons (Fsp3) is 1.00. The Balaban J connectivity index is 2.68. The zero-order chi connectivity index (χ0) is 5.70. The summed E-state index contributed by atoms with van der Waals surface area (Å²) in [5.74, 6) is 0. The van der Waals surface area contributed by atoms with Gasteiger partial charge in [0.25, 0.3) is 0 Å². The van der Waals surface area contributed by atoms with E-state index in [4.69, 9.17) is 15.9 Å². The molecule has 0 radical (unpaired) electrons. The molecule has 0 aliphatic heterocycles. The Morgan fingerprint density at radius 3 is 2.14 bits per heavy atom. The third kappa shape index (κ3) is 5.88. The van der Waals surface area contributed by atoms with Gasteiger partial charge in [-0.15, -0.1) is 0 Å². The van der Waals surface area contributed by atoms with E-state index in [0.29, 0.717) is 19.4 Å². The van der Waals surface area contributed by atoms with Gasteiger partial charge < -0.3 is 15.9 Å². The molecule has 4 N–H and O–H groups in total. The smallest absolute Gasteiger partial charge is 0.151 e. The fourth-order valence-corrected chi connectivity index (χ4v) is 0.300. The molecular weight excluding hydrogens is 94.0 g/mol. The SMILES string of the molecule is NCCCC(O)O. The van der Waals surface area contributed by atoms with Gasteiger partial charge in [0.2, 0.25) is 0 Å². The second-order valence-corrected chi connectivity index (χ2v) is 1.41. The van der Waals surface area contributed by atoms with Crippen molar-refractivity contribution in [3.05, 3.63) is 0 Å². The van der Waals surface area contributed by atoms with Crippen molar-refractivity contribution in [2.24, 2.45) is 5.73 Å². The van der Waals surface area contributed by atoms with Crippen molar-refractivity contribution in [1.29, 1.82) is 0 Å². The first-order valence-corrected chi connectivity index (χ1v) is 2.33. The molecule has 0 heterocycles. The van der Waals surface area contributed by atoms with Gasteiger partial charge >= 0.3 is 0 Å². The van der Waals surface area contributed by atoms with Crippen LogP contribution in [0.5, 0.6) is 0 Å². The van der Waals surface area contributed by atoms with Gasteiger partial charge in [-0.1, -0.05) is 0 Å². The summed E-state index contributed by atoms with van der Waals surface area (Å²) in [7, 11) is 0. The number of nitrogens with two attached hydrogens (primary N) is 1. The van der Waals surface area contributed by atoms with E-state index in [2.05, 4.69) is 0 Å². The molecule has 0 fully saturated rings. The van der Waals surface area contributed by atoms with Crippen LogP contribution < -0.4 is 5.73 Å². The van der Waals surface area contributed by atoms with Gasteiger partial charge in [0.15, 0.2) is 6.29 Å². The minimum absolute atomic E-state index is 0.385. The van der Waals surface area contributed by atoms with Gasteiger partial charge in [-0.25, -0.2) is 0 Å². The average Bonchev–Trinajstić information content (AvgIpc) is 1.61. The molecule has 0 saturated carbocycles. The summed E-state index contributed by atoms with van der Waals surface area (Å²) in [6, 6.07) is 0. The van der Waals surface area contributed by atoms with Crippen LogP contribution in [0.2, 0.25) is 0 Å². The lowest BCUT2D eigenvalue weighted by molar-refractivity contribution is -0.0457. The highest BCUT2D eigenvalue weighted by molar-refractivity contribution is 4.39. The predicted molar refractivity (Wildman–Crippen MR) is 26.5 cm³/mol. The lowest BCUT2D eigenvalue weighted by atomic mass is 10.3. The van der Waals surface area contributed by atoms with Crippen LogP contribution in [-0.2, 0) is 0 Å². The second kappa shape index (κ2) is 4.05. The summed E-state index contributed by atoms with van der Waals surface area (Å²) in [5, 5.41) is 16.4. The van der Waals surface area contributed by atoms with Crippen molar-refractivity contribution in [1.82, 2.24) is 0 Å². The molecule has 3 heteroatoms. The van der Waals surface area contributed by atoms with Gasteiger partial charge in [0.1, 0.15) is 0 Å². The highest BCUT2D eigenvalue weighted by Crippen LogP contribution is 1.88.